The number of hydrogen-bond acceptors (Lipinski definition) is 2. The first kappa shape index (κ1) is 12.8. The summed E-state index contributed by atoms with van der Waals surface area (Å²) in [5.41, 5.74) is 0.942. The molecule has 2 rings (SSSR count). The third-order valence-corrected chi connectivity index (χ3v) is 2.90. The minimum Gasteiger partial charge on any atom is -0.478 e. The van der Waals surface area contributed by atoms with E-state index in [4.69, 9.17) is 5.11 Å². The van der Waals surface area contributed by atoms with Crippen LogP contribution in [-0.2, 0) is 6.42 Å². The molecular formula is C15H12O4. The van der Waals surface area contributed by atoms with E-state index >= 15 is 0 Å². The molecule has 2 aromatic rings. The highest BCUT2D eigenvalue weighted by molar-refractivity contribution is 6.10. The van der Waals surface area contributed by atoms with E-state index in [-0.39, 0.29) is 11.1 Å². The summed E-state index contributed by atoms with van der Waals surface area (Å²) in [5, 5.41) is 19.3. The summed E-state index contributed by atoms with van der Waals surface area (Å²) < 4.78 is 0. The maximum atomic E-state index is 11.3. The lowest BCUT2D eigenvalue weighted by molar-refractivity contribution is 0.0686. The van der Waals surface area contributed by atoms with Crippen LogP contribution in [-0.4, -0.2) is 22.2 Å². The summed E-state index contributed by atoms with van der Waals surface area (Å²) >= 11 is 0. The largest absolute Gasteiger partial charge is 0.478 e. The Labute approximate surface area is 109 Å². The SMILES string of the molecule is C=CCc1cc(C(=O)O)c2cccc(C(=O)O)c2c1. The number of aromatic carboxylic acids is 2. The van der Waals surface area contributed by atoms with Crippen LogP contribution < -0.4 is 0 Å². The molecule has 4 heteroatoms. The number of carboxylic acid groups (broad SMARTS) is 2. The highest BCUT2D eigenvalue weighted by Crippen LogP contribution is 2.25. The number of rotatable bonds is 4. The predicted molar refractivity (Wildman–Crippen MR) is 71.8 cm³/mol. The van der Waals surface area contributed by atoms with E-state index in [1.54, 1.807) is 30.3 Å². The third-order valence-electron chi connectivity index (χ3n) is 2.90. The van der Waals surface area contributed by atoms with Crippen molar-refractivity contribution in [3.05, 3.63) is 59.7 Å². The van der Waals surface area contributed by atoms with Gasteiger partial charge in [0.25, 0.3) is 0 Å². The molecule has 0 bridgehead atoms. The van der Waals surface area contributed by atoms with E-state index in [0.717, 1.165) is 5.56 Å². The van der Waals surface area contributed by atoms with Gasteiger partial charge in [0.15, 0.2) is 0 Å². The van der Waals surface area contributed by atoms with Gasteiger partial charge >= 0.3 is 11.9 Å². The molecule has 0 atom stereocenters. The molecule has 0 aliphatic heterocycles. The Morgan fingerprint density at radius 1 is 1.05 bits per heavy atom. The van der Waals surface area contributed by atoms with Crippen molar-refractivity contribution >= 4 is 22.7 Å². The van der Waals surface area contributed by atoms with Crippen molar-refractivity contribution in [2.24, 2.45) is 0 Å². The standard InChI is InChI=1S/C15H12O4/c1-2-4-9-7-12-10(13(8-9)15(18)19)5-3-6-11(12)14(16)17/h2-3,5-8H,1,4H2,(H,16,17)(H,18,19). The zero-order valence-electron chi connectivity index (χ0n) is 10.1. The maximum absolute atomic E-state index is 11.3. The number of benzene rings is 2. The maximum Gasteiger partial charge on any atom is 0.336 e. The summed E-state index contributed by atoms with van der Waals surface area (Å²) in [4.78, 5) is 22.5. The molecule has 0 amide bonds. The minimum absolute atomic E-state index is 0.103. The van der Waals surface area contributed by atoms with Crippen LogP contribution in [0, 0.1) is 0 Å². The summed E-state index contributed by atoms with van der Waals surface area (Å²) in [5.74, 6) is -2.14. The van der Waals surface area contributed by atoms with Crippen LogP contribution in [0.15, 0.2) is 43.0 Å². The van der Waals surface area contributed by atoms with Crippen LogP contribution in [0.4, 0.5) is 0 Å². The quantitative estimate of drug-likeness (QED) is 0.825. The molecule has 0 saturated heterocycles. The number of allylic oxidation sites excluding steroid dienone is 1. The van der Waals surface area contributed by atoms with Gasteiger partial charge in [0.1, 0.15) is 0 Å². The molecule has 0 aliphatic rings. The van der Waals surface area contributed by atoms with Gasteiger partial charge in [-0.1, -0.05) is 18.2 Å². The van der Waals surface area contributed by atoms with Gasteiger partial charge in [0.2, 0.25) is 0 Å². The average Bonchev–Trinajstić information content (AvgIpc) is 2.37. The second-order valence-corrected chi connectivity index (χ2v) is 4.15. The summed E-state index contributed by atoms with van der Waals surface area (Å²) in [6, 6.07) is 7.88. The molecule has 0 unspecified atom stereocenters. The molecule has 0 spiro atoms. The van der Waals surface area contributed by atoms with Crippen LogP contribution in [0.25, 0.3) is 10.8 Å². The van der Waals surface area contributed by atoms with Crippen molar-refractivity contribution in [1.29, 1.82) is 0 Å². The fraction of sp³-hybridized carbons (Fsp3) is 0.0667. The molecule has 2 aromatic carbocycles. The van der Waals surface area contributed by atoms with Crippen LogP contribution in [0.1, 0.15) is 26.3 Å². The van der Waals surface area contributed by atoms with Crippen molar-refractivity contribution in [3.63, 3.8) is 0 Å². The normalized spacial score (nSPS) is 10.3. The highest BCUT2D eigenvalue weighted by atomic mass is 16.4. The van der Waals surface area contributed by atoms with Crippen LogP contribution in [0.5, 0.6) is 0 Å². The smallest absolute Gasteiger partial charge is 0.336 e. The Hall–Kier alpha value is -2.62. The molecule has 0 aliphatic carbocycles. The number of carboxylic acids is 2. The Morgan fingerprint density at radius 3 is 2.32 bits per heavy atom. The van der Waals surface area contributed by atoms with E-state index in [2.05, 4.69) is 6.58 Å². The summed E-state index contributed by atoms with van der Waals surface area (Å²) in [6.45, 7) is 3.60. The van der Waals surface area contributed by atoms with Crippen molar-refractivity contribution in [1.82, 2.24) is 0 Å². The molecule has 0 saturated carbocycles. The van der Waals surface area contributed by atoms with Gasteiger partial charge in [0, 0.05) is 0 Å². The zero-order chi connectivity index (χ0) is 14.0. The second kappa shape index (κ2) is 4.94. The van der Waals surface area contributed by atoms with Gasteiger partial charge in [-0.15, -0.1) is 6.58 Å². The van der Waals surface area contributed by atoms with Crippen LogP contribution >= 0.6 is 0 Å². The molecule has 96 valence electrons. The highest BCUT2D eigenvalue weighted by Gasteiger charge is 2.15. The lowest BCUT2D eigenvalue weighted by Gasteiger charge is -2.08. The number of fused-ring (bicyclic) bond motifs is 1. The van der Waals surface area contributed by atoms with Crippen LogP contribution in [0.2, 0.25) is 0 Å². The van der Waals surface area contributed by atoms with E-state index in [9.17, 15) is 14.7 Å². The number of carbonyl (C=O) groups is 2. The Morgan fingerprint density at radius 2 is 1.74 bits per heavy atom. The van der Waals surface area contributed by atoms with Crippen molar-refractivity contribution in [2.75, 3.05) is 0 Å². The lowest BCUT2D eigenvalue weighted by Crippen LogP contribution is -2.03. The monoisotopic (exact) mass is 256 g/mol. The van der Waals surface area contributed by atoms with Gasteiger partial charge in [-0.05, 0) is 41.0 Å². The van der Waals surface area contributed by atoms with Gasteiger partial charge in [-0.2, -0.15) is 0 Å². The zero-order valence-corrected chi connectivity index (χ0v) is 10.1. The Balaban J connectivity index is 2.86. The first-order valence-corrected chi connectivity index (χ1v) is 5.67. The molecule has 0 fully saturated rings. The van der Waals surface area contributed by atoms with E-state index in [1.165, 1.54) is 6.07 Å². The summed E-state index contributed by atoms with van der Waals surface area (Å²) in [7, 11) is 0. The van der Waals surface area contributed by atoms with Crippen molar-refractivity contribution in [3.8, 4) is 0 Å². The van der Waals surface area contributed by atoms with E-state index < -0.39 is 11.9 Å². The fourth-order valence-corrected chi connectivity index (χ4v) is 2.09. The minimum atomic E-state index is -1.07. The molecular weight excluding hydrogens is 244 g/mol. The first-order valence-electron chi connectivity index (χ1n) is 5.67. The van der Waals surface area contributed by atoms with Gasteiger partial charge in [-0.3, -0.25) is 0 Å². The molecule has 19 heavy (non-hydrogen) atoms. The third kappa shape index (κ3) is 2.33. The molecule has 0 heterocycles. The van der Waals surface area contributed by atoms with Crippen molar-refractivity contribution < 1.29 is 19.8 Å². The van der Waals surface area contributed by atoms with Crippen LogP contribution in [0.3, 0.4) is 0 Å². The molecule has 0 radical (unpaired) electrons. The number of hydrogen-bond donors (Lipinski definition) is 2. The predicted octanol–water partition coefficient (Wildman–Crippen LogP) is 2.96. The van der Waals surface area contributed by atoms with Gasteiger partial charge < -0.3 is 10.2 Å². The van der Waals surface area contributed by atoms with Gasteiger partial charge in [-0.25, -0.2) is 9.59 Å². The summed E-state index contributed by atoms with van der Waals surface area (Å²) in [6.07, 6.45) is 2.14. The molecule has 2 N–H and O–H groups in total. The van der Waals surface area contributed by atoms with Gasteiger partial charge in [0.05, 0.1) is 11.1 Å². The van der Waals surface area contributed by atoms with Crippen molar-refractivity contribution in [2.45, 2.75) is 6.42 Å². The molecule has 4 nitrogen and oxygen atoms in total. The Kier molecular flexibility index (Phi) is 3.33. The second-order valence-electron chi connectivity index (χ2n) is 4.15. The average molecular weight is 256 g/mol. The molecule has 0 aromatic heterocycles. The topological polar surface area (TPSA) is 74.6 Å². The fourth-order valence-electron chi connectivity index (χ4n) is 2.09. The lowest BCUT2D eigenvalue weighted by atomic mass is 9.96. The van der Waals surface area contributed by atoms with E-state index in [1.807, 2.05) is 0 Å². The van der Waals surface area contributed by atoms with E-state index in [0.29, 0.717) is 17.2 Å². The first-order chi connectivity index (χ1) is 9.04. The Bertz CT molecular complexity index is 686.